The molecular weight excluding hydrogens is 540 g/mol. The van der Waals surface area contributed by atoms with E-state index in [1.165, 1.54) is 8.61 Å². The Hall–Kier alpha value is -3.62. The van der Waals surface area contributed by atoms with E-state index in [-0.39, 0.29) is 21.9 Å². The van der Waals surface area contributed by atoms with Crippen molar-refractivity contribution in [1.82, 2.24) is 0 Å². The van der Waals surface area contributed by atoms with Gasteiger partial charge in [0.05, 0.1) is 21.2 Å². The van der Waals surface area contributed by atoms with Crippen molar-refractivity contribution >= 4 is 31.4 Å². The Morgan fingerprint density at radius 1 is 0.500 bits per heavy atom. The Kier molecular flexibility index (Phi) is 8.42. The van der Waals surface area contributed by atoms with Gasteiger partial charge in [0.25, 0.3) is 20.0 Å². The molecule has 0 fully saturated rings. The van der Waals surface area contributed by atoms with Crippen LogP contribution in [0.2, 0.25) is 0 Å². The van der Waals surface area contributed by atoms with E-state index in [1.807, 2.05) is 77.9 Å². The number of sulfonamides is 2. The molecule has 0 atom stereocenters. The molecule has 0 aliphatic rings. The molecule has 0 aliphatic carbocycles. The zero-order valence-electron chi connectivity index (χ0n) is 23.7. The second-order valence-electron chi connectivity index (χ2n) is 10.4. The van der Waals surface area contributed by atoms with Crippen LogP contribution in [0.5, 0.6) is 0 Å². The van der Waals surface area contributed by atoms with Crippen molar-refractivity contribution in [2.45, 2.75) is 63.4 Å². The number of nitrogens with zero attached hydrogens (tertiary/aromatic N) is 2. The molecule has 4 aromatic carbocycles. The Balaban J connectivity index is 1.72. The first-order valence-electron chi connectivity index (χ1n) is 13.3. The van der Waals surface area contributed by atoms with Crippen molar-refractivity contribution in [1.29, 1.82) is 0 Å². The van der Waals surface area contributed by atoms with Crippen molar-refractivity contribution in [3.8, 4) is 11.1 Å². The lowest BCUT2D eigenvalue weighted by Gasteiger charge is -2.30. The fraction of sp³-hybridized carbons (Fsp3) is 0.250. The maximum absolute atomic E-state index is 13.5. The molecule has 0 N–H and O–H groups in total. The highest BCUT2D eigenvalue weighted by Gasteiger charge is 2.30. The van der Waals surface area contributed by atoms with Gasteiger partial charge in [-0.1, -0.05) is 48.5 Å². The van der Waals surface area contributed by atoms with Crippen LogP contribution in [0.3, 0.4) is 0 Å². The lowest BCUT2D eigenvalue weighted by atomic mass is 9.99. The monoisotopic (exact) mass is 576 g/mol. The van der Waals surface area contributed by atoms with Gasteiger partial charge in [-0.05, 0) is 112 Å². The van der Waals surface area contributed by atoms with Crippen LogP contribution >= 0.6 is 0 Å². The van der Waals surface area contributed by atoms with Gasteiger partial charge >= 0.3 is 0 Å². The van der Waals surface area contributed by atoms with Gasteiger partial charge in [-0.2, -0.15) is 0 Å². The Morgan fingerprint density at radius 3 is 1.10 bits per heavy atom. The Bertz CT molecular complexity index is 1570. The van der Waals surface area contributed by atoms with Crippen LogP contribution in [-0.2, 0) is 20.0 Å². The molecule has 0 bridgehead atoms. The summed E-state index contributed by atoms with van der Waals surface area (Å²) in [6, 6.07) is 27.8. The van der Waals surface area contributed by atoms with Crippen molar-refractivity contribution in [2.24, 2.45) is 0 Å². The number of anilines is 2. The van der Waals surface area contributed by atoms with Crippen LogP contribution in [0.1, 0.15) is 38.8 Å². The third-order valence-electron chi connectivity index (χ3n) is 6.74. The van der Waals surface area contributed by atoms with Crippen LogP contribution in [0.15, 0.2) is 107 Å². The quantitative estimate of drug-likeness (QED) is 0.212. The lowest BCUT2D eigenvalue weighted by Crippen LogP contribution is -2.37. The predicted molar refractivity (Wildman–Crippen MR) is 164 cm³/mol. The second kappa shape index (κ2) is 11.5. The van der Waals surface area contributed by atoms with Crippen LogP contribution in [0.4, 0.5) is 11.4 Å². The summed E-state index contributed by atoms with van der Waals surface area (Å²) >= 11 is 0. The van der Waals surface area contributed by atoms with E-state index in [0.717, 1.165) is 22.3 Å². The van der Waals surface area contributed by atoms with Crippen molar-refractivity contribution < 1.29 is 16.8 Å². The maximum Gasteiger partial charge on any atom is 0.264 e. The summed E-state index contributed by atoms with van der Waals surface area (Å²) < 4.78 is 57.1. The molecule has 0 heterocycles. The van der Waals surface area contributed by atoms with E-state index in [0.29, 0.717) is 11.4 Å². The van der Waals surface area contributed by atoms with Crippen LogP contribution in [-0.4, -0.2) is 28.9 Å². The second-order valence-corrected chi connectivity index (χ2v) is 14.0. The van der Waals surface area contributed by atoms with Gasteiger partial charge in [-0.25, -0.2) is 16.8 Å². The molecule has 8 heteroatoms. The highest BCUT2D eigenvalue weighted by atomic mass is 32.2. The van der Waals surface area contributed by atoms with E-state index in [2.05, 4.69) is 0 Å². The van der Waals surface area contributed by atoms with Crippen LogP contribution in [0, 0.1) is 13.8 Å². The van der Waals surface area contributed by atoms with Gasteiger partial charge in [0.1, 0.15) is 0 Å². The molecular formula is C32H36N2O4S2. The van der Waals surface area contributed by atoms with Gasteiger partial charge in [0.15, 0.2) is 0 Å². The zero-order chi connectivity index (χ0) is 29.2. The van der Waals surface area contributed by atoms with Crippen LogP contribution in [0.25, 0.3) is 11.1 Å². The minimum absolute atomic E-state index is 0.249. The molecule has 6 nitrogen and oxygen atoms in total. The first-order valence-corrected chi connectivity index (χ1v) is 16.1. The maximum atomic E-state index is 13.5. The smallest absolute Gasteiger partial charge is 0.264 e. The fourth-order valence-corrected chi connectivity index (χ4v) is 8.44. The van der Waals surface area contributed by atoms with E-state index < -0.39 is 20.0 Å². The Labute approximate surface area is 239 Å². The number of aryl methyl sites for hydroxylation is 2. The molecule has 40 heavy (non-hydrogen) atoms. The van der Waals surface area contributed by atoms with Gasteiger partial charge < -0.3 is 0 Å². The van der Waals surface area contributed by atoms with Gasteiger partial charge in [0.2, 0.25) is 0 Å². The van der Waals surface area contributed by atoms with E-state index >= 15 is 0 Å². The minimum atomic E-state index is -3.75. The van der Waals surface area contributed by atoms with Gasteiger partial charge in [0, 0.05) is 12.1 Å². The minimum Gasteiger partial charge on any atom is -0.264 e. The first kappa shape index (κ1) is 29.4. The fourth-order valence-electron chi connectivity index (χ4n) is 4.95. The van der Waals surface area contributed by atoms with Crippen molar-refractivity contribution in [3.63, 3.8) is 0 Å². The zero-order valence-corrected chi connectivity index (χ0v) is 25.4. The summed E-state index contributed by atoms with van der Waals surface area (Å²) in [6.45, 7) is 11.3. The summed E-state index contributed by atoms with van der Waals surface area (Å²) in [5.74, 6) is 0. The average Bonchev–Trinajstić information content (AvgIpc) is 2.91. The summed E-state index contributed by atoms with van der Waals surface area (Å²) in [6.07, 6.45) is 0. The third kappa shape index (κ3) is 5.64. The molecule has 0 spiro atoms. The normalized spacial score (nSPS) is 12.1. The van der Waals surface area contributed by atoms with Crippen LogP contribution < -0.4 is 8.61 Å². The van der Waals surface area contributed by atoms with E-state index in [4.69, 9.17) is 0 Å². The molecule has 0 amide bonds. The largest absolute Gasteiger partial charge is 0.264 e. The number of hydrogen-bond acceptors (Lipinski definition) is 4. The predicted octanol–water partition coefficient (Wildman–Crippen LogP) is 7.18. The molecule has 0 saturated carbocycles. The summed E-state index contributed by atoms with van der Waals surface area (Å²) in [7, 11) is -7.50. The highest BCUT2D eigenvalue weighted by molar-refractivity contribution is 7.93. The third-order valence-corrected chi connectivity index (χ3v) is 10.7. The molecule has 0 unspecified atom stereocenters. The molecule has 4 aromatic rings. The lowest BCUT2D eigenvalue weighted by molar-refractivity contribution is 0.582. The standard InChI is InChI=1S/C32H36N2O4S2/c1-23(2)33(39(35,36)29-13-9-7-10-14-29)31-19-17-27(21-25(31)5)28-18-20-32(26(6)22-28)34(24(3)4)40(37,38)30-15-11-8-12-16-30/h7-24H,1-6H3. The van der Waals surface area contributed by atoms with Crippen molar-refractivity contribution in [2.75, 3.05) is 8.61 Å². The number of hydrogen-bond donors (Lipinski definition) is 0. The highest BCUT2D eigenvalue weighted by Crippen LogP contribution is 2.35. The first-order chi connectivity index (χ1) is 18.9. The molecule has 0 aliphatic heterocycles. The van der Waals surface area contributed by atoms with E-state index in [1.54, 1.807) is 60.7 Å². The molecule has 4 rings (SSSR count). The number of rotatable bonds is 9. The summed E-state index contributed by atoms with van der Waals surface area (Å²) in [4.78, 5) is 0.497. The SMILES string of the molecule is Cc1cc(-c2ccc(N(C(C)C)S(=O)(=O)c3ccccc3)c(C)c2)ccc1N(C(C)C)S(=O)(=O)c1ccccc1. The molecule has 210 valence electrons. The van der Waals surface area contributed by atoms with Gasteiger partial charge in [-0.3, -0.25) is 8.61 Å². The summed E-state index contributed by atoms with van der Waals surface area (Å²) in [5, 5.41) is 0. The molecule has 0 aromatic heterocycles. The number of benzene rings is 4. The van der Waals surface area contributed by atoms with Crippen molar-refractivity contribution in [3.05, 3.63) is 108 Å². The topological polar surface area (TPSA) is 74.8 Å². The summed E-state index contributed by atoms with van der Waals surface area (Å²) in [5.41, 5.74) is 4.72. The molecule has 0 saturated heterocycles. The Morgan fingerprint density at radius 2 is 0.825 bits per heavy atom. The molecule has 0 radical (unpaired) electrons. The van der Waals surface area contributed by atoms with E-state index in [9.17, 15) is 16.8 Å². The average molecular weight is 577 g/mol. The van der Waals surface area contributed by atoms with Gasteiger partial charge in [-0.15, -0.1) is 0 Å².